The molecule has 0 saturated heterocycles. The number of rotatable bonds is 3. The van der Waals surface area contributed by atoms with E-state index in [1.807, 2.05) is 37.9 Å². The van der Waals surface area contributed by atoms with Crippen molar-refractivity contribution in [1.82, 2.24) is 0 Å². The molecule has 1 N–H and O–H groups in total. The molecule has 0 atom stereocenters. The van der Waals surface area contributed by atoms with E-state index in [0.29, 0.717) is 12.3 Å². The van der Waals surface area contributed by atoms with Crippen molar-refractivity contribution < 1.29 is 9.50 Å². The summed E-state index contributed by atoms with van der Waals surface area (Å²) in [6.07, 6.45) is 0. The summed E-state index contributed by atoms with van der Waals surface area (Å²) in [7, 11) is 1.96. The summed E-state index contributed by atoms with van der Waals surface area (Å²) in [4.78, 5) is 2.05. The molecule has 2 aromatic carbocycles. The molecule has 0 aliphatic heterocycles. The lowest BCUT2D eigenvalue weighted by molar-refractivity contribution is 0.466. The van der Waals surface area contributed by atoms with Gasteiger partial charge in [-0.1, -0.05) is 12.1 Å². The monoisotopic (exact) mass is 259 g/mol. The van der Waals surface area contributed by atoms with Gasteiger partial charge in [-0.2, -0.15) is 0 Å². The van der Waals surface area contributed by atoms with E-state index in [4.69, 9.17) is 0 Å². The van der Waals surface area contributed by atoms with E-state index in [1.54, 1.807) is 12.1 Å². The van der Waals surface area contributed by atoms with Crippen molar-refractivity contribution in [3.8, 4) is 5.75 Å². The molecule has 2 nitrogen and oxygen atoms in total. The molecule has 0 unspecified atom stereocenters. The Labute approximate surface area is 113 Å². The molecule has 0 amide bonds. The van der Waals surface area contributed by atoms with Crippen molar-refractivity contribution in [2.75, 3.05) is 11.9 Å². The summed E-state index contributed by atoms with van der Waals surface area (Å²) in [5, 5.41) is 9.76. The van der Waals surface area contributed by atoms with E-state index < -0.39 is 0 Å². The number of halogens is 1. The molecule has 0 radical (unpaired) electrons. The predicted molar refractivity (Wildman–Crippen MR) is 76.1 cm³/mol. The van der Waals surface area contributed by atoms with Gasteiger partial charge in [0.25, 0.3) is 0 Å². The predicted octanol–water partition coefficient (Wildman–Crippen LogP) is 3.78. The second kappa shape index (κ2) is 5.31. The van der Waals surface area contributed by atoms with Crippen LogP contribution in [0.2, 0.25) is 0 Å². The van der Waals surface area contributed by atoms with Gasteiger partial charge >= 0.3 is 0 Å². The molecule has 2 aromatic rings. The van der Waals surface area contributed by atoms with Gasteiger partial charge in [-0.15, -0.1) is 0 Å². The van der Waals surface area contributed by atoms with E-state index >= 15 is 0 Å². The molecular formula is C16H18FNO. The highest BCUT2D eigenvalue weighted by Gasteiger charge is 2.06. The second-order valence-electron chi connectivity index (χ2n) is 4.91. The standard InChI is InChI=1S/C16H18FNO/c1-11-8-13(9-12(2)16(11)19)10-18(3)15-6-4-14(17)5-7-15/h4-9,19H,10H2,1-3H3. The molecule has 0 bridgehead atoms. The lowest BCUT2D eigenvalue weighted by Gasteiger charge is -2.20. The van der Waals surface area contributed by atoms with Gasteiger partial charge in [0.1, 0.15) is 11.6 Å². The topological polar surface area (TPSA) is 23.5 Å². The van der Waals surface area contributed by atoms with Gasteiger partial charge in [-0.3, -0.25) is 0 Å². The molecule has 0 fully saturated rings. The molecule has 0 aromatic heterocycles. The Morgan fingerprint density at radius 2 is 1.58 bits per heavy atom. The Balaban J connectivity index is 2.19. The first kappa shape index (κ1) is 13.4. The largest absolute Gasteiger partial charge is 0.507 e. The molecular weight excluding hydrogens is 241 g/mol. The maximum absolute atomic E-state index is 12.9. The number of phenols is 1. The van der Waals surface area contributed by atoms with E-state index in [9.17, 15) is 9.50 Å². The molecule has 0 heterocycles. The molecule has 0 aliphatic rings. The lowest BCUT2D eigenvalue weighted by atomic mass is 10.1. The summed E-state index contributed by atoms with van der Waals surface area (Å²) in [5.74, 6) is 0.127. The number of anilines is 1. The van der Waals surface area contributed by atoms with Crippen molar-refractivity contribution in [3.63, 3.8) is 0 Å². The lowest BCUT2D eigenvalue weighted by Crippen LogP contribution is -2.16. The zero-order chi connectivity index (χ0) is 14.0. The third-order valence-electron chi connectivity index (χ3n) is 3.24. The van der Waals surface area contributed by atoms with Crippen molar-refractivity contribution in [3.05, 3.63) is 58.9 Å². The average Bonchev–Trinajstić information content (AvgIpc) is 2.36. The second-order valence-corrected chi connectivity index (χ2v) is 4.91. The summed E-state index contributed by atoms with van der Waals surface area (Å²) in [6.45, 7) is 4.50. The molecule has 0 aliphatic carbocycles. The van der Waals surface area contributed by atoms with E-state index in [2.05, 4.69) is 0 Å². The quantitative estimate of drug-likeness (QED) is 0.906. The number of hydrogen-bond donors (Lipinski definition) is 1. The number of phenolic OH excluding ortho intramolecular Hbond substituents is 1. The fourth-order valence-electron chi connectivity index (χ4n) is 2.20. The van der Waals surface area contributed by atoms with Gasteiger partial charge in [-0.25, -0.2) is 4.39 Å². The summed E-state index contributed by atoms with van der Waals surface area (Å²) in [5.41, 5.74) is 3.84. The van der Waals surface area contributed by atoms with Gasteiger partial charge in [0.05, 0.1) is 0 Å². The third kappa shape index (κ3) is 3.05. The fourth-order valence-corrected chi connectivity index (χ4v) is 2.20. The summed E-state index contributed by atoms with van der Waals surface area (Å²) >= 11 is 0. The normalized spacial score (nSPS) is 10.5. The van der Waals surface area contributed by atoms with Crippen LogP contribution in [-0.4, -0.2) is 12.2 Å². The van der Waals surface area contributed by atoms with Crippen LogP contribution in [0.25, 0.3) is 0 Å². The van der Waals surface area contributed by atoms with Crippen molar-refractivity contribution in [2.24, 2.45) is 0 Å². The minimum atomic E-state index is -0.228. The Morgan fingerprint density at radius 3 is 2.11 bits per heavy atom. The van der Waals surface area contributed by atoms with Crippen LogP contribution in [0, 0.1) is 19.7 Å². The van der Waals surface area contributed by atoms with Gasteiger partial charge in [0, 0.05) is 19.3 Å². The number of aryl methyl sites for hydroxylation is 2. The van der Waals surface area contributed by atoms with Crippen LogP contribution in [0.3, 0.4) is 0 Å². The maximum Gasteiger partial charge on any atom is 0.123 e. The van der Waals surface area contributed by atoms with E-state index in [-0.39, 0.29) is 5.82 Å². The highest BCUT2D eigenvalue weighted by Crippen LogP contribution is 2.24. The van der Waals surface area contributed by atoms with Gasteiger partial charge < -0.3 is 10.0 Å². The van der Waals surface area contributed by atoms with Crippen LogP contribution >= 0.6 is 0 Å². The first-order chi connectivity index (χ1) is 8.97. The summed E-state index contributed by atoms with van der Waals surface area (Å²) in [6, 6.07) is 10.4. The van der Waals surface area contributed by atoms with Gasteiger partial charge in [0.2, 0.25) is 0 Å². The zero-order valence-electron chi connectivity index (χ0n) is 11.4. The van der Waals surface area contributed by atoms with E-state index in [1.165, 1.54) is 12.1 Å². The van der Waals surface area contributed by atoms with Crippen molar-refractivity contribution in [1.29, 1.82) is 0 Å². The maximum atomic E-state index is 12.9. The number of nitrogens with zero attached hydrogens (tertiary/aromatic N) is 1. The average molecular weight is 259 g/mol. The minimum Gasteiger partial charge on any atom is -0.507 e. The molecule has 3 heteroatoms. The summed E-state index contributed by atoms with van der Waals surface area (Å²) < 4.78 is 12.9. The van der Waals surface area contributed by atoms with Gasteiger partial charge in [-0.05, 0) is 54.8 Å². The number of benzene rings is 2. The molecule has 19 heavy (non-hydrogen) atoms. The SMILES string of the molecule is Cc1cc(CN(C)c2ccc(F)cc2)cc(C)c1O. The molecule has 0 spiro atoms. The number of aromatic hydroxyl groups is 1. The third-order valence-corrected chi connectivity index (χ3v) is 3.24. The van der Waals surface area contributed by atoms with Crippen LogP contribution in [0.15, 0.2) is 36.4 Å². The minimum absolute atomic E-state index is 0.228. The van der Waals surface area contributed by atoms with Gasteiger partial charge in [0.15, 0.2) is 0 Å². The smallest absolute Gasteiger partial charge is 0.123 e. The Morgan fingerprint density at radius 1 is 1.05 bits per heavy atom. The fraction of sp³-hybridized carbons (Fsp3) is 0.250. The highest BCUT2D eigenvalue weighted by molar-refractivity contribution is 5.48. The molecule has 2 rings (SSSR count). The Kier molecular flexibility index (Phi) is 3.74. The highest BCUT2D eigenvalue weighted by atomic mass is 19.1. The molecule has 100 valence electrons. The zero-order valence-corrected chi connectivity index (χ0v) is 11.4. The first-order valence-electron chi connectivity index (χ1n) is 6.23. The van der Waals surface area contributed by atoms with E-state index in [0.717, 1.165) is 22.4 Å². The van der Waals surface area contributed by atoms with Crippen LogP contribution in [0.4, 0.5) is 10.1 Å². The van der Waals surface area contributed by atoms with Crippen LogP contribution in [-0.2, 0) is 6.54 Å². The number of hydrogen-bond acceptors (Lipinski definition) is 2. The van der Waals surface area contributed by atoms with Crippen LogP contribution in [0.5, 0.6) is 5.75 Å². The van der Waals surface area contributed by atoms with Crippen molar-refractivity contribution >= 4 is 5.69 Å². The Hall–Kier alpha value is -2.03. The van der Waals surface area contributed by atoms with Crippen LogP contribution < -0.4 is 4.90 Å². The Bertz CT molecular complexity index is 555. The van der Waals surface area contributed by atoms with Crippen molar-refractivity contribution in [2.45, 2.75) is 20.4 Å². The van der Waals surface area contributed by atoms with Crippen LogP contribution in [0.1, 0.15) is 16.7 Å². The first-order valence-corrected chi connectivity index (χ1v) is 6.23. The molecule has 0 saturated carbocycles.